The van der Waals surface area contributed by atoms with Gasteiger partial charge in [-0.15, -0.1) is 0 Å². The molecule has 2 aliphatic heterocycles. The molecule has 2 aliphatic rings. The molecule has 216 valence electrons. The van der Waals surface area contributed by atoms with Gasteiger partial charge >= 0.3 is 24.3 Å². The molecule has 0 amide bonds. The number of pyridine rings is 1. The first-order valence-electron chi connectivity index (χ1n) is 11.3. The maximum atomic E-state index is 10.6. The van der Waals surface area contributed by atoms with Crippen LogP contribution in [0.25, 0.3) is 0 Å². The minimum Gasteiger partial charge on any atom is -0.497 e. The summed E-state index contributed by atoms with van der Waals surface area (Å²) in [5.74, 6) is -3.77. The Bertz CT molecular complexity index is 1040. The molecule has 1 aromatic carbocycles. The van der Waals surface area contributed by atoms with Crippen LogP contribution in [-0.2, 0) is 20.9 Å². The fraction of sp³-hybridized carbons (Fsp3) is 0.458. The third kappa shape index (κ3) is 10.6. The average Bonchev–Trinajstić information content (AvgIpc) is 2.84. The summed E-state index contributed by atoms with van der Waals surface area (Å²) in [4.78, 5) is 24.3. The van der Waals surface area contributed by atoms with E-state index in [2.05, 4.69) is 22.0 Å². The highest BCUT2D eigenvalue weighted by Crippen LogP contribution is 2.36. The summed E-state index contributed by atoms with van der Waals surface area (Å²) in [7, 11) is 1.69. The maximum Gasteiger partial charge on any atom is 0.490 e. The smallest absolute Gasteiger partial charge is 0.490 e. The topological polar surface area (TPSA) is 118 Å². The molecule has 4 rings (SSSR count). The van der Waals surface area contributed by atoms with E-state index in [1.807, 2.05) is 24.3 Å². The number of halogens is 6. The Kier molecular flexibility index (Phi) is 10.9. The molecule has 0 saturated carbocycles. The Morgan fingerprint density at radius 3 is 2.05 bits per heavy atom. The SMILES string of the molecule is COc1ccc(CN2CC3(CC(Oc4cccnc4)CCO3)C2)cc1.O=C(O)C(F)(F)F.O=C(O)C(F)(F)F. The Balaban J connectivity index is 0.000000317. The van der Waals surface area contributed by atoms with Crippen molar-refractivity contribution in [3.8, 4) is 11.5 Å². The van der Waals surface area contributed by atoms with Crippen LogP contribution in [0.3, 0.4) is 0 Å². The lowest BCUT2D eigenvalue weighted by Gasteiger charge is -2.53. The van der Waals surface area contributed by atoms with Crippen LogP contribution >= 0.6 is 0 Å². The molecule has 1 unspecified atom stereocenters. The second-order valence-electron chi connectivity index (χ2n) is 8.55. The number of hydrogen-bond donors (Lipinski definition) is 2. The van der Waals surface area contributed by atoms with Crippen LogP contribution in [0.2, 0.25) is 0 Å². The van der Waals surface area contributed by atoms with Crippen LogP contribution < -0.4 is 9.47 Å². The third-order valence-corrected chi connectivity index (χ3v) is 5.46. The number of rotatable bonds is 5. The Labute approximate surface area is 218 Å². The second-order valence-corrected chi connectivity index (χ2v) is 8.55. The Morgan fingerprint density at radius 2 is 1.59 bits per heavy atom. The van der Waals surface area contributed by atoms with Crippen LogP contribution in [0, 0.1) is 0 Å². The summed E-state index contributed by atoms with van der Waals surface area (Å²) in [6, 6.07) is 12.1. The minimum atomic E-state index is -5.08. The normalized spacial score (nSPS) is 18.4. The first-order chi connectivity index (χ1) is 18.1. The van der Waals surface area contributed by atoms with E-state index in [-0.39, 0.29) is 11.7 Å². The van der Waals surface area contributed by atoms with Crippen molar-refractivity contribution in [2.75, 3.05) is 26.8 Å². The molecule has 0 bridgehead atoms. The van der Waals surface area contributed by atoms with Crippen molar-refractivity contribution in [2.45, 2.75) is 43.4 Å². The zero-order chi connectivity index (χ0) is 29.3. The second kappa shape index (κ2) is 13.5. The number of carboxylic acids is 2. The van der Waals surface area contributed by atoms with Crippen LogP contribution in [0.4, 0.5) is 26.3 Å². The first-order valence-corrected chi connectivity index (χ1v) is 11.3. The van der Waals surface area contributed by atoms with Crippen LogP contribution in [0.15, 0.2) is 48.8 Å². The molecule has 2 fully saturated rings. The maximum absolute atomic E-state index is 10.6. The van der Waals surface area contributed by atoms with E-state index >= 15 is 0 Å². The molecule has 15 heteroatoms. The predicted molar refractivity (Wildman–Crippen MR) is 122 cm³/mol. The zero-order valence-electron chi connectivity index (χ0n) is 20.5. The van der Waals surface area contributed by atoms with Gasteiger partial charge in [0.15, 0.2) is 0 Å². The van der Waals surface area contributed by atoms with Crippen molar-refractivity contribution < 1.29 is 60.4 Å². The van der Waals surface area contributed by atoms with Crippen molar-refractivity contribution >= 4 is 11.9 Å². The minimum absolute atomic E-state index is 0.0441. The summed E-state index contributed by atoms with van der Waals surface area (Å²) in [6.45, 7) is 3.64. The zero-order valence-corrected chi connectivity index (χ0v) is 20.5. The van der Waals surface area contributed by atoms with Crippen molar-refractivity contribution in [1.82, 2.24) is 9.88 Å². The lowest BCUT2D eigenvalue weighted by Crippen LogP contribution is -2.65. The highest BCUT2D eigenvalue weighted by Gasteiger charge is 2.48. The number of ether oxygens (including phenoxy) is 3. The molecule has 9 nitrogen and oxygen atoms in total. The molecule has 0 aliphatic carbocycles. The highest BCUT2D eigenvalue weighted by molar-refractivity contribution is 5.73. The largest absolute Gasteiger partial charge is 0.497 e. The summed E-state index contributed by atoms with van der Waals surface area (Å²) in [6.07, 6.45) is -4.53. The number of nitrogens with zero attached hydrogens (tertiary/aromatic N) is 2. The van der Waals surface area contributed by atoms with Crippen molar-refractivity contribution in [1.29, 1.82) is 0 Å². The molecule has 39 heavy (non-hydrogen) atoms. The van der Waals surface area contributed by atoms with Gasteiger partial charge in [0.25, 0.3) is 0 Å². The van der Waals surface area contributed by atoms with Gasteiger partial charge in [0.1, 0.15) is 17.6 Å². The Morgan fingerprint density at radius 1 is 1.03 bits per heavy atom. The van der Waals surface area contributed by atoms with E-state index in [0.29, 0.717) is 0 Å². The van der Waals surface area contributed by atoms with E-state index in [1.54, 1.807) is 19.5 Å². The highest BCUT2D eigenvalue weighted by atomic mass is 19.4. The first kappa shape index (κ1) is 31.6. The van der Waals surface area contributed by atoms with Gasteiger partial charge in [0.2, 0.25) is 0 Å². The van der Waals surface area contributed by atoms with Crippen LogP contribution in [0.1, 0.15) is 18.4 Å². The fourth-order valence-corrected chi connectivity index (χ4v) is 3.78. The number of carboxylic acid groups (broad SMARTS) is 2. The number of hydrogen-bond acceptors (Lipinski definition) is 7. The molecule has 2 aromatic rings. The van der Waals surface area contributed by atoms with E-state index in [0.717, 1.165) is 50.6 Å². The lowest BCUT2D eigenvalue weighted by molar-refractivity contribution is -0.193. The third-order valence-electron chi connectivity index (χ3n) is 5.46. The van der Waals surface area contributed by atoms with Gasteiger partial charge in [0, 0.05) is 38.7 Å². The number of likely N-dealkylation sites (tertiary alicyclic amines) is 1. The summed E-state index contributed by atoms with van der Waals surface area (Å²) in [5, 5.41) is 14.2. The number of alkyl halides is 6. The van der Waals surface area contributed by atoms with Gasteiger partial charge in [-0.1, -0.05) is 12.1 Å². The standard InChI is InChI=1S/C20H24N2O3.2C2HF3O2/c1-23-17-6-4-16(5-7-17)13-22-14-20(15-22)11-18(8-10-24-20)25-19-3-2-9-21-12-19;2*3-2(4,5)1(6)7/h2-7,9,12,18H,8,10-11,13-15H2,1H3;2*(H,6,7). The van der Waals surface area contributed by atoms with E-state index in [1.165, 1.54) is 5.56 Å². The molecular weight excluding hydrogens is 542 g/mol. The number of carbonyl (C=O) groups is 2. The van der Waals surface area contributed by atoms with Crippen molar-refractivity contribution in [3.63, 3.8) is 0 Å². The number of aromatic nitrogens is 1. The summed E-state index contributed by atoms with van der Waals surface area (Å²) < 4.78 is 80.9. The van der Waals surface area contributed by atoms with Gasteiger partial charge in [-0.3, -0.25) is 9.88 Å². The lowest BCUT2D eigenvalue weighted by atomic mass is 9.84. The summed E-state index contributed by atoms with van der Waals surface area (Å²) >= 11 is 0. The monoisotopic (exact) mass is 568 g/mol. The van der Waals surface area contributed by atoms with Crippen molar-refractivity contribution in [3.05, 3.63) is 54.4 Å². The molecule has 1 spiro atoms. The van der Waals surface area contributed by atoms with Gasteiger partial charge in [-0.25, -0.2) is 9.59 Å². The van der Waals surface area contributed by atoms with E-state index in [9.17, 15) is 26.3 Å². The molecular formula is C24H26F6N2O7. The number of aliphatic carboxylic acids is 2. The van der Waals surface area contributed by atoms with Gasteiger partial charge in [-0.05, 0) is 29.8 Å². The number of methoxy groups -OCH3 is 1. The molecule has 2 N–H and O–H groups in total. The van der Waals surface area contributed by atoms with E-state index < -0.39 is 24.3 Å². The predicted octanol–water partition coefficient (Wildman–Crippen LogP) is 4.17. The van der Waals surface area contributed by atoms with Gasteiger partial charge < -0.3 is 24.4 Å². The quantitative estimate of drug-likeness (QED) is 0.513. The van der Waals surface area contributed by atoms with Crippen LogP contribution in [0.5, 0.6) is 11.5 Å². The molecule has 3 heterocycles. The molecule has 1 atom stereocenters. The summed E-state index contributed by atoms with van der Waals surface area (Å²) in [5.41, 5.74) is 1.26. The molecule has 2 saturated heterocycles. The molecule has 1 aromatic heterocycles. The molecule has 0 radical (unpaired) electrons. The van der Waals surface area contributed by atoms with Gasteiger partial charge in [-0.2, -0.15) is 26.3 Å². The number of benzene rings is 1. The van der Waals surface area contributed by atoms with Gasteiger partial charge in [0.05, 0.1) is 25.5 Å². The van der Waals surface area contributed by atoms with Crippen molar-refractivity contribution in [2.24, 2.45) is 0 Å². The fourth-order valence-electron chi connectivity index (χ4n) is 3.78. The Hall–Kier alpha value is -3.59. The average molecular weight is 568 g/mol. The van der Waals surface area contributed by atoms with Crippen LogP contribution in [-0.4, -0.2) is 82.9 Å². The van der Waals surface area contributed by atoms with E-state index in [4.69, 9.17) is 34.0 Å².